The number of aromatic nitrogens is 2. The zero-order chi connectivity index (χ0) is 11.7. The number of rotatable bonds is 2. The molecule has 0 unspecified atom stereocenters. The summed E-state index contributed by atoms with van der Waals surface area (Å²) in [5.41, 5.74) is 0.328. The van der Waals surface area contributed by atoms with Gasteiger partial charge >= 0.3 is 0 Å². The number of nitrogens with zero attached hydrogens (tertiary/aromatic N) is 2. The van der Waals surface area contributed by atoms with Crippen molar-refractivity contribution in [1.82, 2.24) is 9.55 Å². The van der Waals surface area contributed by atoms with E-state index in [1.807, 2.05) is 0 Å². The fourth-order valence-electron chi connectivity index (χ4n) is 1.39. The molecule has 0 radical (unpaired) electrons. The van der Waals surface area contributed by atoms with Gasteiger partial charge in [0.05, 0.1) is 18.1 Å². The largest absolute Gasteiger partial charge is 0.331 e. The Labute approximate surface area is 96.5 Å². The van der Waals surface area contributed by atoms with Crippen LogP contribution in [0.2, 0.25) is 5.02 Å². The lowest BCUT2D eigenvalue weighted by atomic mass is 10.1. The molecular weight excluding hydrogens is 231 g/mol. The molecule has 1 aromatic carbocycles. The van der Waals surface area contributed by atoms with Gasteiger partial charge < -0.3 is 4.57 Å². The average molecular weight is 239 g/mol. The molecule has 0 aliphatic carbocycles. The van der Waals surface area contributed by atoms with Crippen LogP contribution in [0.3, 0.4) is 0 Å². The molecule has 0 fully saturated rings. The monoisotopic (exact) mass is 238 g/mol. The van der Waals surface area contributed by atoms with Gasteiger partial charge in [-0.3, -0.25) is 4.79 Å². The lowest BCUT2D eigenvalue weighted by Crippen LogP contribution is -2.08. The van der Waals surface area contributed by atoms with E-state index < -0.39 is 11.6 Å². The summed E-state index contributed by atoms with van der Waals surface area (Å²) in [7, 11) is 1.67. The average Bonchev–Trinajstić information content (AvgIpc) is 2.63. The predicted octanol–water partition coefficient (Wildman–Crippen LogP) is 2.44. The molecule has 0 atom stereocenters. The van der Waals surface area contributed by atoms with Gasteiger partial charge in [-0.1, -0.05) is 11.6 Å². The van der Waals surface area contributed by atoms with Crippen LogP contribution in [0.15, 0.2) is 30.7 Å². The molecule has 3 nitrogen and oxygen atoms in total. The standard InChI is InChI=1S/C11H8ClFN2O/c1-15-6-14-5-10(15)11(16)8-3-2-7(12)4-9(8)13/h2-6H,1H3. The minimum absolute atomic E-state index is 0.00648. The van der Waals surface area contributed by atoms with Crippen LogP contribution >= 0.6 is 11.6 Å². The second kappa shape index (κ2) is 4.06. The van der Waals surface area contributed by atoms with Gasteiger partial charge in [-0.2, -0.15) is 0 Å². The number of hydrogen-bond donors (Lipinski definition) is 0. The Morgan fingerprint density at radius 1 is 1.50 bits per heavy atom. The zero-order valence-electron chi connectivity index (χ0n) is 8.45. The Balaban J connectivity index is 2.46. The Hall–Kier alpha value is -1.68. The number of carbonyl (C=O) groups excluding carboxylic acids is 1. The van der Waals surface area contributed by atoms with E-state index in [1.165, 1.54) is 29.2 Å². The first-order valence-corrected chi connectivity index (χ1v) is 4.93. The molecule has 0 bridgehead atoms. The van der Waals surface area contributed by atoms with Crippen molar-refractivity contribution in [3.63, 3.8) is 0 Å². The predicted molar refractivity (Wildman–Crippen MR) is 58.1 cm³/mol. The van der Waals surface area contributed by atoms with Crippen molar-refractivity contribution in [3.8, 4) is 0 Å². The number of aryl methyl sites for hydroxylation is 1. The van der Waals surface area contributed by atoms with Gasteiger partial charge in [0, 0.05) is 12.1 Å². The van der Waals surface area contributed by atoms with E-state index in [4.69, 9.17) is 11.6 Å². The number of hydrogen-bond acceptors (Lipinski definition) is 2. The van der Waals surface area contributed by atoms with Crippen molar-refractivity contribution in [1.29, 1.82) is 0 Å². The van der Waals surface area contributed by atoms with E-state index in [0.717, 1.165) is 6.07 Å². The fourth-order valence-corrected chi connectivity index (χ4v) is 1.55. The van der Waals surface area contributed by atoms with Crippen molar-refractivity contribution < 1.29 is 9.18 Å². The van der Waals surface area contributed by atoms with Gasteiger partial charge in [0.1, 0.15) is 11.5 Å². The third-order valence-corrected chi connectivity index (χ3v) is 2.46. The lowest BCUT2D eigenvalue weighted by molar-refractivity contribution is 0.102. The minimum Gasteiger partial charge on any atom is -0.331 e. The van der Waals surface area contributed by atoms with Crippen LogP contribution in [0.4, 0.5) is 4.39 Å². The van der Waals surface area contributed by atoms with Crippen LogP contribution in [0.5, 0.6) is 0 Å². The van der Waals surface area contributed by atoms with Gasteiger partial charge in [0.25, 0.3) is 0 Å². The van der Waals surface area contributed by atoms with Crippen LogP contribution in [0.25, 0.3) is 0 Å². The summed E-state index contributed by atoms with van der Waals surface area (Å²) < 4.78 is 15.0. The second-order valence-electron chi connectivity index (χ2n) is 3.34. The maximum absolute atomic E-state index is 13.5. The van der Waals surface area contributed by atoms with Crippen LogP contribution < -0.4 is 0 Å². The topological polar surface area (TPSA) is 34.9 Å². The molecule has 0 saturated heterocycles. The molecule has 0 spiro atoms. The third kappa shape index (κ3) is 1.84. The van der Waals surface area contributed by atoms with E-state index in [2.05, 4.69) is 4.98 Å². The maximum atomic E-state index is 13.5. The molecule has 1 aromatic heterocycles. The zero-order valence-corrected chi connectivity index (χ0v) is 9.20. The van der Waals surface area contributed by atoms with Crippen molar-refractivity contribution in [2.24, 2.45) is 7.05 Å². The van der Waals surface area contributed by atoms with E-state index in [9.17, 15) is 9.18 Å². The van der Waals surface area contributed by atoms with E-state index in [0.29, 0.717) is 5.69 Å². The molecule has 1 heterocycles. The number of ketones is 1. The molecule has 2 aromatic rings. The van der Waals surface area contributed by atoms with Gasteiger partial charge in [-0.15, -0.1) is 0 Å². The van der Waals surface area contributed by atoms with Crippen LogP contribution in [0.1, 0.15) is 16.1 Å². The summed E-state index contributed by atoms with van der Waals surface area (Å²) in [6.07, 6.45) is 2.89. The lowest BCUT2D eigenvalue weighted by Gasteiger charge is -2.03. The number of carbonyl (C=O) groups is 1. The Kier molecular flexibility index (Phi) is 2.75. The van der Waals surface area contributed by atoms with E-state index >= 15 is 0 Å². The Morgan fingerprint density at radius 3 is 2.81 bits per heavy atom. The molecule has 0 saturated carbocycles. The highest BCUT2D eigenvalue weighted by atomic mass is 35.5. The molecule has 5 heteroatoms. The van der Waals surface area contributed by atoms with E-state index in [1.54, 1.807) is 7.05 Å². The van der Waals surface area contributed by atoms with Gasteiger partial charge in [-0.25, -0.2) is 9.37 Å². The smallest absolute Gasteiger partial charge is 0.213 e. The highest BCUT2D eigenvalue weighted by Crippen LogP contribution is 2.17. The molecule has 82 valence electrons. The fraction of sp³-hybridized carbons (Fsp3) is 0.0909. The third-order valence-electron chi connectivity index (χ3n) is 2.23. The SMILES string of the molecule is Cn1cncc1C(=O)c1ccc(Cl)cc1F. The first kappa shape index (κ1) is 10.8. The minimum atomic E-state index is -0.626. The molecule has 2 rings (SSSR count). The van der Waals surface area contributed by atoms with Crippen LogP contribution in [-0.2, 0) is 7.05 Å². The first-order chi connectivity index (χ1) is 7.59. The van der Waals surface area contributed by atoms with Gasteiger partial charge in [-0.05, 0) is 18.2 Å². The summed E-state index contributed by atoms with van der Waals surface area (Å²) in [4.78, 5) is 15.7. The summed E-state index contributed by atoms with van der Waals surface area (Å²) in [6.45, 7) is 0. The molecule has 0 amide bonds. The highest BCUT2D eigenvalue weighted by Gasteiger charge is 2.16. The molecular formula is C11H8ClFN2O. The summed E-state index contributed by atoms with van der Waals surface area (Å²) >= 11 is 5.61. The molecule has 0 aliphatic rings. The van der Waals surface area contributed by atoms with Crippen LogP contribution in [-0.4, -0.2) is 15.3 Å². The van der Waals surface area contributed by atoms with Gasteiger partial charge in [0.15, 0.2) is 0 Å². The molecule has 0 aliphatic heterocycles. The Bertz CT molecular complexity index is 551. The Morgan fingerprint density at radius 2 is 2.25 bits per heavy atom. The van der Waals surface area contributed by atoms with Crippen molar-refractivity contribution in [3.05, 3.63) is 52.8 Å². The second-order valence-corrected chi connectivity index (χ2v) is 3.78. The maximum Gasteiger partial charge on any atom is 0.213 e. The quantitative estimate of drug-likeness (QED) is 0.754. The summed E-state index contributed by atoms with van der Waals surface area (Å²) in [6, 6.07) is 3.96. The summed E-state index contributed by atoms with van der Waals surface area (Å²) in [5, 5.41) is 0.263. The number of halogens is 2. The summed E-state index contributed by atoms with van der Waals surface area (Å²) in [5.74, 6) is -1.03. The molecule has 16 heavy (non-hydrogen) atoms. The first-order valence-electron chi connectivity index (χ1n) is 4.55. The number of benzene rings is 1. The number of imidazole rings is 1. The molecule has 0 N–H and O–H groups in total. The van der Waals surface area contributed by atoms with Crippen molar-refractivity contribution >= 4 is 17.4 Å². The normalized spacial score (nSPS) is 10.4. The van der Waals surface area contributed by atoms with E-state index in [-0.39, 0.29) is 10.6 Å². The van der Waals surface area contributed by atoms with Crippen molar-refractivity contribution in [2.75, 3.05) is 0 Å². The van der Waals surface area contributed by atoms with Crippen LogP contribution in [0, 0.1) is 5.82 Å². The van der Waals surface area contributed by atoms with Gasteiger partial charge in [0.2, 0.25) is 5.78 Å². The highest BCUT2D eigenvalue weighted by molar-refractivity contribution is 6.30. The van der Waals surface area contributed by atoms with Crippen molar-refractivity contribution in [2.45, 2.75) is 0 Å².